The van der Waals surface area contributed by atoms with Gasteiger partial charge in [0.25, 0.3) is 0 Å². The lowest BCUT2D eigenvalue weighted by atomic mass is 10.1. The van der Waals surface area contributed by atoms with Crippen LogP contribution in [0.15, 0.2) is 55.0 Å². The number of aromatic nitrogens is 2. The van der Waals surface area contributed by atoms with Crippen molar-refractivity contribution in [2.24, 2.45) is 5.73 Å². The monoisotopic (exact) mass is 237 g/mol. The Bertz CT molecular complexity index is 656. The molecule has 0 spiro atoms. The summed E-state index contributed by atoms with van der Waals surface area (Å²) in [4.78, 5) is 4.04. The van der Waals surface area contributed by atoms with E-state index < -0.39 is 0 Å². The average molecular weight is 237 g/mol. The quantitative estimate of drug-likeness (QED) is 0.760. The van der Waals surface area contributed by atoms with Crippen LogP contribution in [0.3, 0.4) is 0 Å². The highest BCUT2D eigenvalue weighted by atomic mass is 15.0. The Kier molecular flexibility index (Phi) is 2.82. The summed E-state index contributed by atoms with van der Waals surface area (Å²) in [6.45, 7) is 1.42. The van der Waals surface area contributed by atoms with Gasteiger partial charge in [-0.2, -0.15) is 0 Å². The number of para-hydroxylation sites is 1. The fourth-order valence-corrected chi connectivity index (χ4v) is 2.32. The number of fused-ring (bicyclic) bond motifs is 1. The van der Waals surface area contributed by atoms with Crippen LogP contribution in [0.4, 0.5) is 0 Å². The molecule has 0 atom stereocenters. The number of hydrogen-bond donors (Lipinski definition) is 1. The number of pyridine rings is 1. The second kappa shape index (κ2) is 4.63. The van der Waals surface area contributed by atoms with Crippen molar-refractivity contribution in [1.82, 2.24) is 9.55 Å². The third-order valence-corrected chi connectivity index (χ3v) is 3.19. The molecule has 3 heteroatoms. The minimum atomic E-state index is 0.567. The van der Waals surface area contributed by atoms with Crippen LogP contribution >= 0.6 is 0 Å². The number of benzene rings is 1. The van der Waals surface area contributed by atoms with Crippen LogP contribution < -0.4 is 5.73 Å². The predicted molar refractivity (Wildman–Crippen MR) is 73.2 cm³/mol. The molecule has 0 amide bonds. The molecule has 2 N–H and O–H groups in total. The summed E-state index contributed by atoms with van der Waals surface area (Å²) in [5.74, 6) is 0. The molecule has 3 aromatic rings. The van der Waals surface area contributed by atoms with Gasteiger partial charge in [0.05, 0.1) is 5.52 Å². The van der Waals surface area contributed by atoms with Crippen molar-refractivity contribution < 1.29 is 0 Å². The van der Waals surface area contributed by atoms with Crippen LogP contribution in [0.2, 0.25) is 0 Å². The first-order valence-electron chi connectivity index (χ1n) is 6.04. The van der Waals surface area contributed by atoms with E-state index in [1.807, 2.05) is 24.5 Å². The van der Waals surface area contributed by atoms with Crippen LogP contribution in [0, 0.1) is 0 Å². The SMILES string of the molecule is NCc1cccc2ccn(Cc3ccncc3)c12. The summed E-state index contributed by atoms with van der Waals surface area (Å²) in [7, 11) is 0. The Balaban J connectivity index is 2.07. The molecule has 2 heterocycles. The van der Waals surface area contributed by atoms with E-state index in [1.54, 1.807) is 0 Å². The largest absolute Gasteiger partial charge is 0.343 e. The van der Waals surface area contributed by atoms with Gasteiger partial charge in [-0.25, -0.2) is 0 Å². The normalized spacial score (nSPS) is 10.9. The molecule has 90 valence electrons. The zero-order valence-electron chi connectivity index (χ0n) is 10.1. The van der Waals surface area contributed by atoms with E-state index in [0.717, 1.165) is 6.54 Å². The smallest absolute Gasteiger partial charge is 0.0528 e. The van der Waals surface area contributed by atoms with Gasteiger partial charge in [-0.05, 0) is 34.7 Å². The third kappa shape index (κ3) is 1.89. The number of nitrogens with zero attached hydrogens (tertiary/aromatic N) is 2. The fraction of sp³-hybridized carbons (Fsp3) is 0.133. The molecule has 0 unspecified atom stereocenters. The number of nitrogens with two attached hydrogens (primary N) is 1. The molecule has 3 nitrogen and oxygen atoms in total. The van der Waals surface area contributed by atoms with Gasteiger partial charge >= 0.3 is 0 Å². The van der Waals surface area contributed by atoms with Crippen molar-refractivity contribution in [3.63, 3.8) is 0 Å². The molecule has 18 heavy (non-hydrogen) atoms. The average Bonchev–Trinajstić information content (AvgIpc) is 2.83. The summed E-state index contributed by atoms with van der Waals surface area (Å²) in [6.07, 6.45) is 5.76. The first-order valence-corrected chi connectivity index (χ1v) is 6.04. The van der Waals surface area contributed by atoms with Crippen molar-refractivity contribution in [3.8, 4) is 0 Å². The molecular formula is C15H15N3. The Hall–Kier alpha value is -2.13. The molecule has 0 saturated carbocycles. The van der Waals surface area contributed by atoms with E-state index in [9.17, 15) is 0 Å². The molecule has 2 aromatic heterocycles. The van der Waals surface area contributed by atoms with E-state index in [2.05, 4.69) is 40.0 Å². The van der Waals surface area contributed by atoms with Crippen LogP contribution in [-0.4, -0.2) is 9.55 Å². The first kappa shape index (κ1) is 11.0. The second-order valence-corrected chi connectivity index (χ2v) is 4.36. The molecule has 0 saturated heterocycles. The van der Waals surface area contributed by atoms with E-state index in [4.69, 9.17) is 5.73 Å². The standard InChI is InChI=1S/C15H15N3/c16-10-14-3-1-2-13-6-9-18(15(13)14)11-12-4-7-17-8-5-12/h1-9H,10-11,16H2. The molecule has 1 aromatic carbocycles. The topological polar surface area (TPSA) is 43.8 Å². The van der Waals surface area contributed by atoms with Crippen LogP contribution in [0.1, 0.15) is 11.1 Å². The number of hydrogen-bond acceptors (Lipinski definition) is 2. The first-order chi connectivity index (χ1) is 8.88. The zero-order chi connectivity index (χ0) is 12.4. The second-order valence-electron chi connectivity index (χ2n) is 4.36. The van der Waals surface area contributed by atoms with Crippen molar-refractivity contribution in [2.75, 3.05) is 0 Å². The Morgan fingerprint density at radius 3 is 2.67 bits per heavy atom. The molecule has 3 rings (SSSR count). The van der Waals surface area contributed by atoms with E-state index in [1.165, 1.54) is 22.0 Å². The highest BCUT2D eigenvalue weighted by Gasteiger charge is 2.05. The van der Waals surface area contributed by atoms with E-state index >= 15 is 0 Å². The van der Waals surface area contributed by atoms with Crippen molar-refractivity contribution in [2.45, 2.75) is 13.1 Å². The molecular weight excluding hydrogens is 222 g/mol. The minimum Gasteiger partial charge on any atom is -0.343 e. The van der Waals surface area contributed by atoms with Gasteiger partial charge in [0, 0.05) is 31.7 Å². The van der Waals surface area contributed by atoms with Gasteiger partial charge in [-0.1, -0.05) is 18.2 Å². The summed E-state index contributed by atoms with van der Waals surface area (Å²) >= 11 is 0. The highest BCUT2D eigenvalue weighted by molar-refractivity contribution is 5.83. The minimum absolute atomic E-state index is 0.567. The van der Waals surface area contributed by atoms with Crippen LogP contribution in [0.5, 0.6) is 0 Å². The summed E-state index contributed by atoms with van der Waals surface area (Å²) in [5.41, 5.74) is 9.48. The zero-order valence-corrected chi connectivity index (χ0v) is 10.1. The maximum absolute atomic E-state index is 5.81. The van der Waals surface area contributed by atoms with E-state index in [-0.39, 0.29) is 0 Å². The lowest BCUT2D eigenvalue weighted by Gasteiger charge is -2.08. The van der Waals surface area contributed by atoms with Gasteiger partial charge in [-0.3, -0.25) is 4.98 Å². The van der Waals surface area contributed by atoms with Crippen molar-refractivity contribution in [1.29, 1.82) is 0 Å². The van der Waals surface area contributed by atoms with Gasteiger partial charge in [0.2, 0.25) is 0 Å². The predicted octanol–water partition coefficient (Wildman–Crippen LogP) is 2.54. The molecule has 0 aliphatic carbocycles. The third-order valence-electron chi connectivity index (χ3n) is 3.19. The Morgan fingerprint density at radius 2 is 1.89 bits per heavy atom. The lowest BCUT2D eigenvalue weighted by Crippen LogP contribution is -2.03. The van der Waals surface area contributed by atoms with Crippen LogP contribution in [-0.2, 0) is 13.1 Å². The van der Waals surface area contributed by atoms with Gasteiger partial charge in [-0.15, -0.1) is 0 Å². The van der Waals surface area contributed by atoms with Crippen molar-refractivity contribution in [3.05, 3.63) is 66.1 Å². The van der Waals surface area contributed by atoms with Gasteiger partial charge in [0.15, 0.2) is 0 Å². The summed E-state index contributed by atoms with van der Waals surface area (Å²) < 4.78 is 2.24. The molecule has 0 aliphatic rings. The highest BCUT2D eigenvalue weighted by Crippen LogP contribution is 2.21. The molecule has 0 fully saturated rings. The maximum atomic E-state index is 5.81. The summed E-state index contributed by atoms with van der Waals surface area (Å²) in [6, 6.07) is 12.5. The van der Waals surface area contributed by atoms with Gasteiger partial charge in [0.1, 0.15) is 0 Å². The Labute approximate surface area is 106 Å². The molecule has 0 radical (unpaired) electrons. The van der Waals surface area contributed by atoms with Crippen LogP contribution in [0.25, 0.3) is 10.9 Å². The molecule has 0 bridgehead atoms. The lowest BCUT2D eigenvalue weighted by molar-refractivity contribution is 0.828. The van der Waals surface area contributed by atoms with Crippen molar-refractivity contribution >= 4 is 10.9 Å². The van der Waals surface area contributed by atoms with Gasteiger partial charge < -0.3 is 10.3 Å². The number of rotatable bonds is 3. The maximum Gasteiger partial charge on any atom is 0.0528 e. The molecule has 0 aliphatic heterocycles. The summed E-state index contributed by atoms with van der Waals surface area (Å²) in [5, 5.41) is 1.24. The Morgan fingerprint density at radius 1 is 1.06 bits per heavy atom. The van der Waals surface area contributed by atoms with E-state index in [0.29, 0.717) is 6.54 Å². The fourth-order valence-electron chi connectivity index (χ4n) is 2.32.